The van der Waals surface area contributed by atoms with Crippen LogP contribution in [0.3, 0.4) is 0 Å². The number of hydrogen-bond acceptors (Lipinski definition) is 5. The van der Waals surface area contributed by atoms with Gasteiger partial charge in [-0.05, 0) is 37.0 Å². The Balaban J connectivity index is 2.10. The van der Waals surface area contributed by atoms with Crippen molar-refractivity contribution in [3.8, 4) is 0 Å². The average molecular weight is 317 g/mol. The van der Waals surface area contributed by atoms with E-state index in [4.69, 9.17) is 9.47 Å². The molecule has 1 aliphatic heterocycles. The van der Waals surface area contributed by atoms with E-state index in [0.29, 0.717) is 0 Å². The minimum absolute atomic E-state index is 0.140. The van der Waals surface area contributed by atoms with Crippen LogP contribution in [0.5, 0.6) is 0 Å². The van der Waals surface area contributed by atoms with Crippen molar-refractivity contribution in [1.29, 1.82) is 0 Å². The van der Waals surface area contributed by atoms with Gasteiger partial charge >= 0.3 is 11.9 Å². The number of unbranched alkanes of at least 4 members (excludes halogenated alkanes) is 1. The largest absolute Gasteiger partial charge is 0.419 e. The van der Waals surface area contributed by atoms with E-state index >= 15 is 0 Å². The van der Waals surface area contributed by atoms with E-state index in [9.17, 15) is 9.59 Å². The predicted octanol–water partition coefficient (Wildman–Crippen LogP) is 3.47. The van der Waals surface area contributed by atoms with Gasteiger partial charge in [0.25, 0.3) is 5.79 Å². The molecular weight excluding hydrogens is 294 g/mol. The minimum atomic E-state index is -1.22. The molecule has 1 aromatic carbocycles. The predicted molar refractivity (Wildman–Crippen MR) is 87.8 cm³/mol. The summed E-state index contributed by atoms with van der Waals surface area (Å²) in [5, 5.41) is 2.99. The first-order valence-corrected chi connectivity index (χ1v) is 7.85. The van der Waals surface area contributed by atoms with Crippen molar-refractivity contribution in [2.24, 2.45) is 0 Å². The van der Waals surface area contributed by atoms with Gasteiger partial charge in [0.2, 0.25) is 0 Å². The fraction of sp³-hybridized carbons (Fsp3) is 0.444. The first kappa shape index (κ1) is 17.1. The van der Waals surface area contributed by atoms with Crippen LogP contribution in [0.2, 0.25) is 0 Å². The highest BCUT2D eigenvalue weighted by Crippen LogP contribution is 2.23. The Morgan fingerprint density at radius 2 is 1.83 bits per heavy atom. The third-order valence-electron chi connectivity index (χ3n) is 3.60. The summed E-state index contributed by atoms with van der Waals surface area (Å²) in [6, 6.07) is 6.10. The molecule has 0 amide bonds. The standard InChI is InChI=1S/C18H23NO4/c1-5-6-7-13-8-9-15(12(2)10-13)19-11-14-16(20)22-18(3,4)23-17(14)21/h8-11,19H,5-7H2,1-4H3. The molecule has 0 saturated carbocycles. The minimum Gasteiger partial charge on any atom is -0.419 e. The Morgan fingerprint density at radius 1 is 1.17 bits per heavy atom. The Labute approximate surface area is 136 Å². The van der Waals surface area contributed by atoms with E-state index < -0.39 is 17.7 Å². The molecule has 124 valence electrons. The summed E-state index contributed by atoms with van der Waals surface area (Å²) in [4.78, 5) is 23.7. The number of benzene rings is 1. The van der Waals surface area contributed by atoms with Crippen molar-refractivity contribution in [3.63, 3.8) is 0 Å². The number of cyclic esters (lactones) is 2. The molecule has 0 radical (unpaired) electrons. The highest BCUT2D eigenvalue weighted by atomic mass is 16.7. The SMILES string of the molecule is CCCCc1ccc(NC=C2C(=O)OC(C)(C)OC2=O)c(C)c1. The average Bonchev–Trinajstić information content (AvgIpc) is 2.44. The second-order valence-electron chi connectivity index (χ2n) is 6.13. The molecule has 5 nitrogen and oxygen atoms in total. The van der Waals surface area contributed by atoms with E-state index in [-0.39, 0.29) is 5.57 Å². The molecule has 0 aliphatic carbocycles. The van der Waals surface area contributed by atoms with Crippen molar-refractivity contribution in [3.05, 3.63) is 41.1 Å². The maximum atomic E-state index is 11.9. The topological polar surface area (TPSA) is 64.6 Å². The Hall–Kier alpha value is -2.30. The summed E-state index contributed by atoms with van der Waals surface area (Å²) in [5.41, 5.74) is 3.02. The quantitative estimate of drug-likeness (QED) is 0.512. The van der Waals surface area contributed by atoms with Crippen molar-refractivity contribution in [2.45, 2.75) is 52.7 Å². The van der Waals surface area contributed by atoms with E-state index in [0.717, 1.165) is 30.5 Å². The zero-order valence-corrected chi connectivity index (χ0v) is 14.1. The van der Waals surface area contributed by atoms with E-state index in [1.54, 1.807) is 0 Å². The molecule has 1 aliphatic rings. The van der Waals surface area contributed by atoms with Gasteiger partial charge in [-0.3, -0.25) is 0 Å². The fourth-order valence-electron chi connectivity index (χ4n) is 2.35. The zero-order valence-electron chi connectivity index (χ0n) is 14.1. The number of esters is 2. The molecule has 0 unspecified atom stereocenters. The maximum Gasteiger partial charge on any atom is 0.350 e. The molecule has 23 heavy (non-hydrogen) atoms. The number of anilines is 1. The van der Waals surface area contributed by atoms with Gasteiger partial charge < -0.3 is 14.8 Å². The van der Waals surface area contributed by atoms with Gasteiger partial charge in [-0.15, -0.1) is 0 Å². The highest BCUT2D eigenvalue weighted by Gasteiger charge is 2.38. The second kappa shape index (κ2) is 6.86. The van der Waals surface area contributed by atoms with Crippen LogP contribution in [0.4, 0.5) is 5.69 Å². The van der Waals surface area contributed by atoms with Crippen LogP contribution >= 0.6 is 0 Å². The molecule has 1 aromatic rings. The molecule has 1 N–H and O–H groups in total. The zero-order chi connectivity index (χ0) is 17.0. The van der Waals surface area contributed by atoms with Gasteiger partial charge in [-0.25, -0.2) is 9.59 Å². The lowest BCUT2D eigenvalue weighted by Gasteiger charge is -2.29. The molecule has 1 fully saturated rings. The van der Waals surface area contributed by atoms with E-state index in [1.807, 2.05) is 19.1 Å². The van der Waals surface area contributed by atoms with Crippen LogP contribution in [0.1, 0.15) is 44.7 Å². The summed E-state index contributed by atoms with van der Waals surface area (Å²) >= 11 is 0. The number of nitrogens with one attached hydrogen (secondary N) is 1. The number of hydrogen-bond donors (Lipinski definition) is 1. The molecule has 5 heteroatoms. The van der Waals surface area contributed by atoms with Crippen LogP contribution < -0.4 is 5.32 Å². The van der Waals surface area contributed by atoms with Gasteiger partial charge in [-0.2, -0.15) is 0 Å². The van der Waals surface area contributed by atoms with Crippen LogP contribution in [-0.4, -0.2) is 17.7 Å². The van der Waals surface area contributed by atoms with Crippen molar-refractivity contribution < 1.29 is 19.1 Å². The number of rotatable bonds is 5. The van der Waals surface area contributed by atoms with Crippen molar-refractivity contribution in [1.82, 2.24) is 0 Å². The monoisotopic (exact) mass is 317 g/mol. The summed E-state index contributed by atoms with van der Waals surface area (Å²) < 4.78 is 10.1. The van der Waals surface area contributed by atoms with Crippen LogP contribution in [0.25, 0.3) is 0 Å². The summed E-state index contributed by atoms with van der Waals surface area (Å²) in [6.45, 7) is 7.19. The van der Waals surface area contributed by atoms with Gasteiger partial charge in [0, 0.05) is 25.7 Å². The molecular formula is C18H23NO4. The molecule has 0 aromatic heterocycles. The fourth-order valence-corrected chi connectivity index (χ4v) is 2.35. The Bertz CT molecular complexity index is 624. The van der Waals surface area contributed by atoms with E-state index in [1.165, 1.54) is 25.6 Å². The lowest BCUT2D eigenvalue weighted by molar-refractivity contribution is -0.222. The molecule has 1 saturated heterocycles. The second-order valence-corrected chi connectivity index (χ2v) is 6.13. The number of ether oxygens (including phenoxy) is 2. The number of aryl methyl sites for hydroxylation is 2. The molecule has 0 atom stereocenters. The van der Waals surface area contributed by atoms with Crippen LogP contribution in [-0.2, 0) is 25.5 Å². The third kappa shape index (κ3) is 4.34. The smallest absolute Gasteiger partial charge is 0.350 e. The first-order valence-electron chi connectivity index (χ1n) is 7.85. The lowest BCUT2D eigenvalue weighted by Crippen LogP contribution is -2.42. The maximum absolute atomic E-state index is 11.9. The summed E-state index contributed by atoms with van der Waals surface area (Å²) in [7, 11) is 0. The summed E-state index contributed by atoms with van der Waals surface area (Å²) in [5.74, 6) is -2.59. The molecule has 2 rings (SSSR count). The van der Waals surface area contributed by atoms with Crippen LogP contribution in [0, 0.1) is 6.92 Å². The van der Waals surface area contributed by atoms with Crippen LogP contribution in [0.15, 0.2) is 30.0 Å². The Kier molecular flexibility index (Phi) is 5.08. The number of carbonyl (C=O) groups is 2. The summed E-state index contributed by atoms with van der Waals surface area (Å²) in [6.07, 6.45) is 4.70. The third-order valence-corrected chi connectivity index (χ3v) is 3.60. The lowest BCUT2D eigenvalue weighted by atomic mass is 10.0. The molecule has 1 heterocycles. The van der Waals surface area contributed by atoms with Gasteiger partial charge in [0.1, 0.15) is 0 Å². The van der Waals surface area contributed by atoms with Gasteiger partial charge in [0.05, 0.1) is 0 Å². The van der Waals surface area contributed by atoms with Gasteiger partial charge in [0.15, 0.2) is 5.57 Å². The number of carbonyl (C=O) groups excluding carboxylic acids is 2. The van der Waals surface area contributed by atoms with Crippen molar-refractivity contribution >= 4 is 17.6 Å². The van der Waals surface area contributed by atoms with Gasteiger partial charge in [-0.1, -0.05) is 25.5 Å². The van der Waals surface area contributed by atoms with E-state index in [2.05, 4.69) is 18.3 Å². The molecule has 0 bridgehead atoms. The Morgan fingerprint density at radius 3 is 2.39 bits per heavy atom. The molecule has 0 spiro atoms. The highest BCUT2D eigenvalue weighted by molar-refractivity contribution is 6.15. The van der Waals surface area contributed by atoms with Crippen molar-refractivity contribution in [2.75, 3.05) is 5.32 Å². The first-order chi connectivity index (χ1) is 10.8. The normalized spacial score (nSPS) is 16.6.